The average molecular weight is 443 g/mol. The summed E-state index contributed by atoms with van der Waals surface area (Å²) in [6.07, 6.45) is 0. The minimum absolute atomic E-state index is 0.0656. The summed E-state index contributed by atoms with van der Waals surface area (Å²) in [7, 11) is 0. The van der Waals surface area contributed by atoms with Gasteiger partial charge in [0.05, 0.1) is 22.3 Å². The molecule has 0 radical (unpaired) electrons. The molecule has 1 aliphatic rings. The van der Waals surface area contributed by atoms with Gasteiger partial charge in [0.2, 0.25) is 5.91 Å². The van der Waals surface area contributed by atoms with Crippen molar-refractivity contribution in [2.24, 2.45) is 0 Å². The average Bonchev–Trinajstić information content (AvgIpc) is 2.77. The highest BCUT2D eigenvalue weighted by atomic mass is 35.5. The summed E-state index contributed by atoms with van der Waals surface area (Å²) in [5, 5.41) is 1.55. The van der Waals surface area contributed by atoms with Gasteiger partial charge >= 0.3 is 0 Å². The molecule has 1 aliphatic heterocycles. The van der Waals surface area contributed by atoms with Crippen molar-refractivity contribution in [2.75, 3.05) is 38.5 Å². The Bertz CT molecular complexity index is 1130. The van der Waals surface area contributed by atoms with Gasteiger partial charge in [-0.25, -0.2) is 4.98 Å². The normalized spacial score (nSPS) is 14.9. The number of nitrogens with zero attached hydrogens (tertiary/aromatic N) is 4. The first-order chi connectivity index (χ1) is 14.6. The first-order valence-electron chi connectivity index (χ1n) is 9.97. The number of piperazine rings is 1. The summed E-state index contributed by atoms with van der Waals surface area (Å²) in [6.45, 7) is 6.40. The van der Waals surface area contributed by atoms with E-state index in [1.807, 2.05) is 29.2 Å². The third kappa shape index (κ3) is 4.38. The highest BCUT2D eigenvalue weighted by Crippen LogP contribution is 2.23. The molecule has 0 spiro atoms. The molecule has 156 valence electrons. The molecule has 0 aliphatic carbocycles. The molecule has 1 saturated heterocycles. The lowest BCUT2D eigenvalue weighted by Gasteiger charge is -2.34. The molecule has 2 aromatic carbocycles. The van der Waals surface area contributed by atoms with Crippen molar-refractivity contribution < 1.29 is 4.79 Å². The van der Waals surface area contributed by atoms with Crippen LogP contribution in [0.25, 0.3) is 16.6 Å². The van der Waals surface area contributed by atoms with Crippen LogP contribution >= 0.6 is 23.4 Å². The van der Waals surface area contributed by atoms with E-state index in [0.29, 0.717) is 26.8 Å². The summed E-state index contributed by atoms with van der Waals surface area (Å²) >= 11 is 7.45. The van der Waals surface area contributed by atoms with Gasteiger partial charge in [-0.05, 0) is 36.9 Å². The maximum atomic E-state index is 13.2. The fourth-order valence-electron chi connectivity index (χ4n) is 3.58. The fraction of sp³-hybridized carbons (Fsp3) is 0.318. The zero-order valence-corrected chi connectivity index (χ0v) is 18.3. The van der Waals surface area contributed by atoms with Crippen LogP contribution in [0.5, 0.6) is 0 Å². The van der Waals surface area contributed by atoms with Gasteiger partial charge in [0.25, 0.3) is 5.56 Å². The summed E-state index contributed by atoms with van der Waals surface area (Å²) in [5.74, 6) is 0.299. The highest BCUT2D eigenvalue weighted by Gasteiger charge is 2.21. The van der Waals surface area contributed by atoms with Crippen LogP contribution in [-0.4, -0.2) is 63.7 Å². The lowest BCUT2D eigenvalue weighted by atomic mass is 10.2. The molecule has 0 atom stereocenters. The highest BCUT2D eigenvalue weighted by molar-refractivity contribution is 7.99. The van der Waals surface area contributed by atoms with Gasteiger partial charge in [0, 0.05) is 31.2 Å². The summed E-state index contributed by atoms with van der Waals surface area (Å²) < 4.78 is 1.54. The number of halogens is 1. The smallest absolute Gasteiger partial charge is 0.266 e. The number of para-hydroxylation sites is 1. The van der Waals surface area contributed by atoms with Gasteiger partial charge in [0.15, 0.2) is 5.16 Å². The molecule has 3 aromatic rings. The Morgan fingerprint density at radius 2 is 1.87 bits per heavy atom. The van der Waals surface area contributed by atoms with E-state index in [4.69, 9.17) is 11.6 Å². The quantitative estimate of drug-likeness (QED) is 0.448. The molecule has 4 rings (SSSR count). The monoisotopic (exact) mass is 442 g/mol. The number of thioether (sulfide) groups is 1. The van der Waals surface area contributed by atoms with Crippen LogP contribution in [0.1, 0.15) is 6.92 Å². The maximum Gasteiger partial charge on any atom is 0.266 e. The second-order valence-electron chi connectivity index (χ2n) is 7.14. The summed E-state index contributed by atoms with van der Waals surface area (Å²) in [4.78, 5) is 34.9. The first kappa shape index (κ1) is 20.9. The molecular weight excluding hydrogens is 420 g/mol. The van der Waals surface area contributed by atoms with E-state index in [2.05, 4.69) is 16.8 Å². The van der Waals surface area contributed by atoms with Crippen molar-refractivity contribution in [3.8, 4) is 5.69 Å². The molecular formula is C22H23ClN4O2S. The number of hydrogen-bond acceptors (Lipinski definition) is 5. The lowest BCUT2D eigenvalue weighted by Crippen LogP contribution is -2.49. The Hall–Kier alpha value is -2.35. The Morgan fingerprint density at radius 1 is 1.10 bits per heavy atom. The van der Waals surface area contributed by atoms with Gasteiger partial charge in [0.1, 0.15) is 0 Å². The van der Waals surface area contributed by atoms with Gasteiger partial charge < -0.3 is 9.80 Å². The van der Waals surface area contributed by atoms with Gasteiger partial charge in [-0.15, -0.1) is 0 Å². The molecule has 30 heavy (non-hydrogen) atoms. The predicted molar refractivity (Wildman–Crippen MR) is 122 cm³/mol. The topological polar surface area (TPSA) is 58.4 Å². The molecule has 1 amide bonds. The van der Waals surface area contributed by atoms with Crippen molar-refractivity contribution >= 4 is 40.2 Å². The van der Waals surface area contributed by atoms with Crippen molar-refractivity contribution in [1.82, 2.24) is 19.4 Å². The minimum Gasteiger partial charge on any atom is -0.339 e. The molecule has 6 nitrogen and oxygen atoms in total. The third-order valence-corrected chi connectivity index (χ3v) is 6.47. The van der Waals surface area contributed by atoms with Crippen LogP contribution in [-0.2, 0) is 4.79 Å². The van der Waals surface area contributed by atoms with E-state index in [0.717, 1.165) is 32.7 Å². The zero-order valence-electron chi connectivity index (χ0n) is 16.8. The number of carbonyl (C=O) groups excluding carboxylic acids is 1. The van der Waals surface area contributed by atoms with E-state index in [1.165, 1.54) is 11.8 Å². The predicted octanol–water partition coefficient (Wildman–Crippen LogP) is 3.30. The second-order valence-corrected chi connectivity index (χ2v) is 8.51. The number of likely N-dealkylation sites (N-methyl/N-ethyl adjacent to an activating group) is 1. The molecule has 2 heterocycles. The Balaban J connectivity index is 1.64. The first-order valence-corrected chi connectivity index (χ1v) is 11.3. The van der Waals surface area contributed by atoms with Crippen LogP contribution in [0.4, 0.5) is 0 Å². The third-order valence-electron chi connectivity index (χ3n) is 5.31. The number of fused-ring (bicyclic) bond motifs is 1. The molecule has 0 N–H and O–H groups in total. The Kier molecular flexibility index (Phi) is 6.41. The standard InChI is InChI=1S/C22H23ClN4O2S/c1-2-25-10-12-26(13-11-25)20(28)15-30-22-24-19-9-4-3-8-18(19)21(29)27(22)17-7-5-6-16(23)14-17/h3-9,14H,2,10-13,15H2,1H3. The molecule has 1 fully saturated rings. The van der Waals surface area contributed by atoms with Gasteiger partial charge in [-0.1, -0.05) is 48.5 Å². The van der Waals surface area contributed by atoms with Crippen molar-refractivity contribution in [2.45, 2.75) is 12.1 Å². The molecule has 0 bridgehead atoms. The lowest BCUT2D eigenvalue weighted by molar-refractivity contribution is -0.130. The Labute approximate surface area is 184 Å². The fourth-order valence-corrected chi connectivity index (χ4v) is 4.68. The van der Waals surface area contributed by atoms with E-state index in [-0.39, 0.29) is 17.2 Å². The summed E-state index contributed by atoms with van der Waals surface area (Å²) in [5.41, 5.74) is 1.08. The minimum atomic E-state index is -0.172. The number of amides is 1. The van der Waals surface area contributed by atoms with E-state index in [9.17, 15) is 9.59 Å². The van der Waals surface area contributed by atoms with Gasteiger partial charge in [-0.2, -0.15) is 0 Å². The van der Waals surface area contributed by atoms with Gasteiger partial charge in [-0.3, -0.25) is 14.2 Å². The van der Waals surface area contributed by atoms with Crippen molar-refractivity contribution in [1.29, 1.82) is 0 Å². The van der Waals surface area contributed by atoms with E-state index >= 15 is 0 Å². The molecule has 0 saturated carbocycles. The van der Waals surface area contributed by atoms with E-state index in [1.54, 1.807) is 28.8 Å². The van der Waals surface area contributed by atoms with Crippen molar-refractivity contribution in [3.05, 3.63) is 63.9 Å². The number of hydrogen-bond donors (Lipinski definition) is 0. The zero-order chi connectivity index (χ0) is 21.1. The second kappa shape index (κ2) is 9.20. The Morgan fingerprint density at radius 3 is 2.60 bits per heavy atom. The van der Waals surface area contributed by atoms with Crippen LogP contribution in [0, 0.1) is 0 Å². The number of aromatic nitrogens is 2. The van der Waals surface area contributed by atoms with Crippen LogP contribution in [0.2, 0.25) is 5.02 Å². The number of carbonyl (C=O) groups is 1. The van der Waals surface area contributed by atoms with Crippen LogP contribution < -0.4 is 5.56 Å². The van der Waals surface area contributed by atoms with E-state index < -0.39 is 0 Å². The number of benzene rings is 2. The largest absolute Gasteiger partial charge is 0.339 e. The van der Waals surface area contributed by atoms with Crippen molar-refractivity contribution in [3.63, 3.8) is 0 Å². The molecule has 0 unspecified atom stereocenters. The SMILES string of the molecule is CCN1CCN(C(=O)CSc2nc3ccccc3c(=O)n2-c2cccc(Cl)c2)CC1. The van der Waals surface area contributed by atoms with Crippen LogP contribution in [0.3, 0.4) is 0 Å². The van der Waals surface area contributed by atoms with Crippen LogP contribution in [0.15, 0.2) is 58.5 Å². The molecule has 1 aromatic heterocycles. The maximum absolute atomic E-state index is 13.2. The number of rotatable bonds is 5. The summed E-state index contributed by atoms with van der Waals surface area (Å²) in [6, 6.07) is 14.4. The molecule has 8 heteroatoms.